The van der Waals surface area contributed by atoms with Crippen LogP contribution >= 0.6 is 30.6 Å². The normalized spacial score (nSPS) is 15.7. The molecule has 0 bridgehead atoms. The van der Waals surface area contributed by atoms with E-state index in [-0.39, 0.29) is 5.04 Å². The molecule has 4 rings (SSSR count). The van der Waals surface area contributed by atoms with Gasteiger partial charge in [0.15, 0.2) is 0 Å². The third kappa shape index (κ3) is 5.70. The second-order valence-electron chi connectivity index (χ2n) is 13.8. The molecule has 0 unspecified atom stereocenters. The van der Waals surface area contributed by atoms with Gasteiger partial charge in [0.25, 0.3) is 0 Å². The van der Waals surface area contributed by atoms with Crippen LogP contribution in [0.5, 0.6) is 0 Å². The summed E-state index contributed by atoms with van der Waals surface area (Å²) in [5.74, 6) is 1.48. The van der Waals surface area contributed by atoms with Gasteiger partial charge in [0.05, 0.1) is 11.4 Å². The predicted molar refractivity (Wildman–Crippen MR) is 196 cm³/mol. The molecule has 1 heterocycles. The topological polar surface area (TPSA) is 22.2 Å². The molecule has 0 saturated heterocycles. The molecule has 0 N–H and O–H groups in total. The zero-order valence-electron chi connectivity index (χ0n) is 28.5. The van der Waals surface area contributed by atoms with Crippen molar-refractivity contribution in [3.05, 3.63) is 99.0 Å². The van der Waals surface area contributed by atoms with Crippen molar-refractivity contribution >= 4 is 36.1 Å². The molecule has 2 aromatic carbocycles. The first-order chi connectivity index (χ1) is 20.0. The van der Waals surface area contributed by atoms with E-state index in [1.807, 2.05) is 0 Å². The van der Waals surface area contributed by atoms with E-state index in [1.54, 1.807) is 0 Å². The minimum absolute atomic E-state index is 0.217. The van der Waals surface area contributed by atoms with Gasteiger partial charge in [0.2, 0.25) is 5.62 Å². The summed E-state index contributed by atoms with van der Waals surface area (Å²) in [5, 5.41) is -0.217. The van der Waals surface area contributed by atoms with Crippen molar-refractivity contribution in [1.29, 1.82) is 0 Å². The van der Waals surface area contributed by atoms with E-state index in [0.29, 0.717) is 23.7 Å². The second kappa shape index (κ2) is 12.5. The Morgan fingerprint density at radius 1 is 0.605 bits per heavy atom. The van der Waals surface area contributed by atoms with Crippen LogP contribution < -0.4 is 5.62 Å². The number of halogens is 2. The molecule has 0 saturated carbocycles. The van der Waals surface area contributed by atoms with Crippen LogP contribution in [-0.4, -0.2) is 14.6 Å². The van der Waals surface area contributed by atoms with Gasteiger partial charge in [-0.05, 0) is 84.8 Å². The number of hydrogen-bond acceptors (Lipinski definition) is 1. The van der Waals surface area contributed by atoms with Crippen LogP contribution in [0, 0.1) is 0 Å². The van der Waals surface area contributed by atoms with E-state index in [2.05, 4.69) is 179 Å². The van der Waals surface area contributed by atoms with Crippen molar-refractivity contribution in [2.45, 2.75) is 119 Å². The van der Waals surface area contributed by atoms with Crippen molar-refractivity contribution in [3.8, 4) is 11.4 Å². The highest BCUT2D eigenvalue weighted by atomic mass is 79.9. The molecule has 0 amide bonds. The SMILES string of the molecule is CC1=C(C)C(C)([Si](Br)(Br)N=c2n(-c3c(C(C)C)cccc3C(C)C)ccn2-c2c(C(C)C)cccc2C(C)C)C(C)=C1C. The first-order valence-corrected chi connectivity index (χ1v) is 22.3. The third-order valence-electron chi connectivity index (χ3n) is 9.99. The highest BCUT2D eigenvalue weighted by molar-refractivity contribution is 9.51. The fraction of sp³-hybridized carbons (Fsp3) is 0.486. The first-order valence-electron chi connectivity index (χ1n) is 15.8. The second-order valence-corrected chi connectivity index (χ2v) is 26.2. The van der Waals surface area contributed by atoms with Gasteiger partial charge in [-0.25, -0.2) is 0 Å². The highest BCUT2D eigenvalue weighted by Gasteiger charge is 2.54. The lowest BCUT2D eigenvalue weighted by Gasteiger charge is -2.36. The van der Waals surface area contributed by atoms with Gasteiger partial charge in [-0.3, -0.25) is 13.8 Å². The van der Waals surface area contributed by atoms with E-state index in [9.17, 15) is 0 Å². The van der Waals surface area contributed by atoms with Crippen molar-refractivity contribution in [3.63, 3.8) is 0 Å². The Morgan fingerprint density at radius 3 is 1.19 bits per heavy atom. The molecule has 0 fully saturated rings. The van der Waals surface area contributed by atoms with Crippen LogP contribution in [0.4, 0.5) is 0 Å². The van der Waals surface area contributed by atoms with Crippen LogP contribution in [0.25, 0.3) is 11.4 Å². The van der Waals surface area contributed by atoms with E-state index < -0.39 is 5.47 Å². The molecule has 43 heavy (non-hydrogen) atoms. The average Bonchev–Trinajstić information content (AvgIpc) is 3.41. The molecule has 3 aromatic rings. The van der Waals surface area contributed by atoms with Gasteiger partial charge in [-0.15, -0.1) is 0 Å². The monoisotopic (exact) mass is 723 g/mol. The Balaban J connectivity index is 2.23. The zero-order chi connectivity index (χ0) is 32.2. The van der Waals surface area contributed by atoms with Gasteiger partial charge in [-0.1, -0.05) is 140 Å². The van der Waals surface area contributed by atoms with Gasteiger partial charge in [-0.2, -0.15) is 0 Å². The largest absolute Gasteiger partial charge is 0.337 e. The number of imidazole rings is 1. The number of nitrogens with zero attached hydrogens (tertiary/aromatic N) is 3. The summed E-state index contributed by atoms with van der Waals surface area (Å²) in [6.45, 7) is 29.8. The Labute approximate surface area is 277 Å². The van der Waals surface area contributed by atoms with Crippen LogP contribution in [0.2, 0.25) is 5.04 Å². The number of rotatable bonds is 8. The van der Waals surface area contributed by atoms with Gasteiger partial charge in [0.1, 0.15) is 0 Å². The van der Waals surface area contributed by atoms with Crippen molar-refractivity contribution < 1.29 is 0 Å². The zero-order valence-corrected chi connectivity index (χ0v) is 32.7. The van der Waals surface area contributed by atoms with Crippen molar-refractivity contribution in [2.75, 3.05) is 0 Å². The number of aromatic nitrogens is 2. The van der Waals surface area contributed by atoms with Crippen LogP contribution in [-0.2, 0) is 0 Å². The molecular weight excluding hydrogens is 674 g/mol. The summed E-state index contributed by atoms with van der Waals surface area (Å²) in [7, 11) is 0. The molecule has 1 aliphatic carbocycles. The summed E-state index contributed by atoms with van der Waals surface area (Å²) in [6.07, 6.45) is 4.49. The van der Waals surface area contributed by atoms with Gasteiger partial charge < -0.3 is 0 Å². The first kappa shape index (κ1) is 34.0. The third-order valence-corrected chi connectivity index (χ3v) is 18.2. The van der Waals surface area contributed by atoms with E-state index in [1.165, 1.54) is 55.9 Å². The molecule has 232 valence electrons. The Hall–Kier alpha value is -1.89. The van der Waals surface area contributed by atoms with Crippen LogP contribution in [0.3, 0.4) is 0 Å². The molecule has 0 aliphatic heterocycles. The molecule has 1 aromatic heterocycles. The standard InChI is InChI=1S/C37H51Br2N3Si/c1-22(2)30-16-14-17-31(23(3)4)34(30)41-20-21-42(35-32(24(5)6)18-15-19-33(35)25(7)8)36(41)40-43(38,39)37(13)28(11)26(9)27(10)29(37)12/h14-25H,1-13H3. The Kier molecular flexibility index (Phi) is 9.86. The van der Waals surface area contributed by atoms with Crippen LogP contribution in [0.15, 0.2) is 75.7 Å². The number of para-hydroxylation sites is 2. The Bertz CT molecular complexity index is 1500. The van der Waals surface area contributed by atoms with Crippen molar-refractivity contribution in [1.82, 2.24) is 9.13 Å². The minimum atomic E-state index is -2.72. The number of allylic oxidation sites excluding steroid dienone is 4. The van der Waals surface area contributed by atoms with E-state index in [0.717, 1.165) is 5.62 Å². The summed E-state index contributed by atoms with van der Waals surface area (Å²) in [6, 6.07) is 13.6. The summed E-state index contributed by atoms with van der Waals surface area (Å²) >= 11 is 8.64. The highest BCUT2D eigenvalue weighted by Crippen LogP contribution is 2.62. The molecule has 0 radical (unpaired) electrons. The lowest BCUT2D eigenvalue weighted by molar-refractivity contribution is 0.759. The molecule has 6 heteroatoms. The fourth-order valence-corrected chi connectivity index (χ4v) is 13.2. The number of benzene rings is 2. The van der Waals surface area contributed by atoms with Gasteiger partial charge >= 0.3 is 5.47 Å². The lowest BCUT2D eigenvalue weighted by atomic mass is 9.92. The fourth-order valence-electron chi connectivity index (χ4n) is 6.70. The van der Waals surface area contributed by atoms with E-state index >= 15 is 0 Å². The van der Waals surface area contributed by atoms with Crippen LogP contribution in [0.1, 0.15) is 136 Å². The molecule has 0 spiro atoms. The Morgan fingerprint density at radius 2 is 0.907 bits per heavy atom. The predicted octanol–water partition coefficient (Wildman–Crippen LogP) is 11.8. The molecule has 1 aliphatic rings. The maximum atomic E-state index is 5.86. The maximum absolute atomic E-state index is 5.86. The minimum Gasteiger partial charge on any atom is -0.286 e. The van der Waals surface area contributed by atoms with Crippen molar-refractivity contribution in [2.24, 2.45) is 4.66 Å². The molecule has 0 atom stereocenters. The summed E-state index contributed by atoms with van der Waals surface area (Å²) in [4.78, 5) is 0. The average molecular weight is 726 g/mol. The quantitative estimate of drug-likeness (QED) is 0.163. The molecular formula is C37H51Br2N3Si. The summed E-state index contributed by atoms with van der Waals surface area (Å²) < 4.78 is 10.6. The molecule has 3 nitrogen and oxygen atoms in total. The maximum Gasteiger partial charge on any atom is 0.337 e. The lowest BCUT2D eigenvalue weighted by Crippen LogP contribution is -2.40. The number of hydrogen-bond donors (Lipinski definition) is 0. The smallest absolute Gasteiger partial charge is 0.286 e. The van der Waals surface area contributed by atoms with E-state index in [4.69, 9.17) is 4.66 Å². The van der Waals surface area contributed by atoms with Gasteiger partial charge in [0, 0.05) is 17.4 Å². The summed E-state index contributed by atoms with van der Waals surface area (Å²) in [5.41, 5.74) is 11.7.